The Labute approximate surface area is 124 Å². The number of nitrogens with zero attached hydrogens (tertiary/aromatic N) is 1. The molecule has 3 N–H and O–H groups in total. The van der Waals surface area contributed by atoms with Gasteiger partial charge in [0.15, 0.2) is 0 Å². The van der Waals surface area contributed by atoms with Gasteiger partial charge in [0.1, 0.15) is 6.23 Å². The summed E-state index contributed by atoms with van der Waals surface area (Å²) in [5, 5.41) is 0. The molecule has 1 aromatic heterocycles. The summed E-state index contributed by atoms with van der Waals surface area (Å²) in [6.45, 7) is -2.12. The van der Waals surface area contributed by atoms with E-state index in [1.54, 1.807) is 6.92 Å². The SMILES string of the molecule is Cc1cn([C@H]2CCC(/C=C/OP(O)(O)=S)O2)c(=O)[nH]c1=O. The lowest BCUT2D eigenvalue weighted by molar-refractivity contribution is 0.0195. The Balaban J connectivity index is 2.06. The van der Waals surface area contributed by atoms with Gasteiger partial charge in [-0.15, -0.1) is 0 Å². The second-order valence-electron chi connectivity index (χ2n) is 4.61. The molecule has 2 rings (SSSR count). The Hall–Kier alpha value is -1.25. The van der Waals surface area contributed by atoms with Gasteiger partial charge in [-0.25, -0.2) is 4.79 Å². The molecule has 2 heterocycles. The minimum Gasteiger partial charge on any atom is -0.433 e. The first-order chi connectivity index (χ1) is 9.76. The summed E-state index contributed by atoms with van der Waals surface area (Å²) in [5.74, 6) is 0. The van der Waals surface area contributed by atoms with Crippen LogP contribution in [0.15, 0.2) is 28.1 Å². The third-order valence-electron chi connectivity index (χ3n) is 2.98. The Kier molecular flexibility index (Phi) is 4.80. The fraction of sp³-hybridized carbons (Fsp3) is 0.455. The number of aryl methyl sites for hydroxylation is 1. The minimum atomic E-state index is -3.72. The highest BCUT2D eigenvalue weighted by atomic mass is 32.5. The van der Waals surface area contributed by atoms with Crippen LogP contribution in [0.5, 0.6) is 0 Å². The molecule has 8 nitrogen and oxygen atoms in total. The first-order valence-electron chi connectivity index (χ1n) is 6.14. The van der Waals surface area contributed by atoms with Crippen molar-refractivity contribution in [3.8, 4) is 0 Å². The molecule has 2 atom stereocenters. The van der Waals surface area contributed by atoms with Crippen molar-refractivity contribution in [2.75, 3.05) is 0 Å². The molecule has 0 amide bonds. The number of aromatic amines is 1. The maximum absolute atomic E-state index is 11.7. The number of nitrogens with one attached hydrogen (secondary N) is 1. The van der Waals surface area contributed by atoms with Gasteiger partial charge in [-0.2, -0.15) is 0 Å². The largest absolute Gasteiger partial charge is 0.433 e. The number of hydrogen-bond acceptors (Lipinski definition) is 5. The second-order valence-corrected chi connectivity index (χ2v) is 7.23. The quantitative estimate of drug-likeness (QED) is 0.535. The van der Waals surface area contributed by atoms with Gasteiger partial charge in [0, 0.05) is 23.6 Å². The van der Waals surface area contributed by atoms with Crippen LogP contribution < -0.4 is 11.2 Å². The van der Waals surface area contributed by atoms with Crippen LogP contribution in [0.25, 0.3) is 0 Å². The van der Waals surface area contributed by atoms with Gasteiger partial charge in [0.2, 0.25) is 0 Å². The molecule has 1 aromatic rings. The fourth-order valence-corrected chi connectivity index (χ4v) is 2.37. The fourth-order valence-electron chi connectivity index (χ4n) is 1.99. The molecule has 0 aliphatic carbocycles. The lowest BCUT2D eigenvalue weighted by atomic mass is 10.2. The molecule has 1 unspecified atom stereocenters. The molecular formula is C11H15N2O6PS. The zero-order valence-corrected chi connectivity index (χ0v) is 12.8. The summed E-state index contributed by atoms with van der Waals surface area (Å²) in [6.07, 6.45) is 4.41. The van der Waals surface area contributed by atoms with E-state index in [1.807, 2.05) is 0 Å². The van der Waals surface area contributed by atoms with Gasteiger partial charge in [-0.3, -0.25) is 14.3 Å². The molecule has 10 heteroatoms. The highest BCUT2D eigenvalue weighted by molar-refractivity contribution is 8.06. The van der Waals surface area contributed by atoms with E-state index in [0.717, 1.165) is 6.26 Å². The molecule has 0 radical (unpaired) electrons. The van der Waals surface area contributed by atoms with Gasteiger partial charge in [0.25, 0.3) is 5.56 Å². The lowest BCUT2D eigenvalue weighted by Gasteiger charge is -2.14. The van der Waals surface area contributed by atoms with E-state index in [4.69, 9.17) is 14.5 Å². The van der Waals surface area contributed by atoms with Crippen molar-refractivity contribution in [2.24, 2.45) is 0 Å². The summed E-state index contributed by atoms with van der Waals surface area (Å²) in [5.41, 5.74) is -0.532. The van der Waals surface area contributed by atoms with Crippen LogP contribution in [-0.2, 0) is 21.1 Å². The van der Waals surface area contributed by atoms with Crippen LogP contribution in [0.3, 0.4) is 0 Å². The van der Waals surface area contributed by atoms with E-state index in [9.17, 15) is 9.59 Å². The van der Waals surface area contributed by atoms with Crippen molar-refractivity contribution in [1.82, 2.24) is 9.55 Å². The predicted octanol–water partition coefficient (Wildman–Crippen LogP) is 0.262. The van der Waals surface area contributed by atoms with Crippen LogP contribution in [0, 0.1) is 6.92 Å². The first kappa shape index (κ1) is 16.1. The Morgan fingerprint density at radius 3 is 2.90 bits per heavy atom. The molecule has 0 saturated carbocycles. The van der Waals surface area contributed by atoms with E-state index in [0.29, 0.717) is 18.4 Å². The molecule has 1 aliphatic heterocycles. The first-order valence-corrected chi connectivity index (χ1v) is 8.77. The second kappa shape index (κ2) is 6.25. The van der Waals surface area contributed by atoms with Gasteiger partial charge in [-0.05, 0) is 25.8 Å². The normalized spacial score (nSPS) is 22.8. The van der Waals surface area contributed by atoms with Crippen molar-refractivity contribution in [1.29, 1.82) is 0 Å². The van der Waals surface area contributed by atoms with Gasteiger partial charge >= 0.3 is 12.4 Å². The molecule has 0 aromatic carbocycles. The third-order valence-corrected chi connectivity index (χ3v) is 3.63. The molecular weight excluding hydrogens is 319 g/mol. The highest BCUT2D eigenvalue weighted by Crippen LogP contribution is 2.37. The van der Waals surface area contributed by atoms with Crippen molar-refractivity contribution < 1.29 is 19.0 Å². The van der Waals surface area contributed by atoms with E-state index in [-0.39, 0.29) is 6.10 Å². The summed E-state index contributed by atoms with van der Waals surface area (Å²) in [4.78, 5) is 43.1. The molecule has 116 valence electrons. The maximum Gasteiger partial charge on any atom is 0.374 e. The minimum absolute atomic E-state index is 0.337. The summed E-state index contributed by atoms with van der Waals surface area (Å²) in [7, 11) is 0. The van der Waals surface area contributed by atoms with E-state index in [1.165, 1.54) is 16.8 Å². The van der Waals surface area contributed by atoms with Gasteiger partial charge in [-0.1, -0.05) is 0 Å². The molecule has 21 heavy (non-hydrogen) atoms. The Bertz CT molecular complexity index is 705. The van der Waals surface area contributed by atoms with Crippen molar-refractivity contribution in [3.05, 3.63) is 44.9 Å². The predicted molar refractivity (Wildman–Crippen MR) is 78.2 cm³/mol. The average Bonchev–Trinajstić information content (AvgIpc) is 2.81. The molecule has 1 saturated heterocycles. The van der Waals surface area contributed by atoms with Crippen molar-refractivity contribution in [2.45, 2.75) is 32.1 Å². The molecule has 1 fully saturated rings. The molecule has 0 spiro atoms. The smallest absolute Gasteiger partial charge is 0.374 e. The monoisotopic (exact) mass is 334 g/mol. The third kappa shape index (κ3) is 4.36. The Morgan fingerprint density at radius 2 is 2.24 bits per heavy atom. The standard InChI is InChI=1S/C11H15N2O6PS/c1-7-6-13(11(15)12-10(7)14)9-3-2-8(19-9)4-5-18-20(16,17)21/h4-6,8-9H,2-3H2,1H3,(H,12,14,15)(H2,16,17,21)/b5-4+/t8?,9-/m1/s1. The summed E-state index contributed by atoms with van der Waals surface area (Å²) in [6, 6.07) is 0. The topological polar surface area (TPSA) is 114 Å². The average molecular weight is 334 g/mol. The van der Waals surface area contributed by atoms with Crippen LogP contribution >= 0.6 is 6.72 Å². The van der Waals surface area contributed by atoms with Crippen LogP contribution in [0.2, 0.25) is 0 Å². The summed E-state index contributed by atoms with van der Waals surface area (Å²) < 4.78 is 11.5. The highest BCUT2D eigenvalue weighted by Gasteiger charge is 2.26. The van der Waals surface area contributed by atoms with E-state index >= 15 is 0 Å². The summed E-state index contributed by atoms with van der Waals surface area (Å²) >= 11 is 4.30. The van der Waals surface area contributed by atoms with Gasteiger partial charge < -0.3 is 19.0 Å². The number of aromatic nitrogens is 2. The number of ether oxygens (including phenoxy) is 1. The lowest BCUT2D eigenvalue weighted by Crippen LogP contribution is -2.33. The number of H-pyrrole nitrogens is 1. The van der Waals surface area contributed by atoms with Crippen LogP contribution in [0.1, 0.15) is 24.6 Å². The van der Waals surface area contributed by atoms with Gasteiger partial charge in [0.05, 0.1) is 12.4 Å². The van der Waals surface area contributed by atoms with Crippen molar-refractivity contribution in [3.63, 3.8) is 0 Å². The number of rotatable bonds is 4. The number of hydrogen-bond donors (Lipinski definition) is 3. The van der Waals surface area contributed by atoms with Crippen molar-refractivity contribution >= 4 is 18.5 Å². The van der Waals surface area contributed by atoms with E-state index < -0.39 is 24.2 Å². The zero-order chi connectivity index (χ0) is 15.6. The zero-order valence-electron chi connectivity index (χ0n) is 11.1. The molecule has 1 aliphatic rings. The van der Waals surface area contributed by atoms with Crippen LogP contribution in [-0.4, -0.2) is 25.4 Å². The maximum atomic E-state index is 11.7. The molecule has 0 bridgehead atoms. The van der Waals surface area contributed by atoms with E-state index in [2.05, 4.69) is 21.3 Å². The Morgan fingerprint density at radius 1 is 1.52 bits per heavy atom. The van der Waals surface area contributed by atoms with Crippen LogP contribution in [0.4, 0.5) is 0 Å².